The second-order valence-corrected chi connectivity index (χ2v) is 17.5. The van der Waals surface area contributed by atoms with Crippen LogP contribution >= 0.6 is 0 Å². The lowest BCUT2D eigenvalue weighted by Gasteiger charge is -2.70. The molecule has 0 aromatic carbocycles. The first-order valence-corrected chi connectivity index (χ1v) is 16.9. The Morgan fingerprint density at radius 3 is 2.20 bits per heavy atom. The quantitative estimate of drug-likeness (QED) is 0.229. The zero-order valence-electron chi connectivity index (χ0n) is 27.1. The highest BCUT2D eigenvalue weighted by atomic mass is 16.7. The van der Waals surface area contributed by atoms with E-state index in [-0.39, 0.29) is 45.0 Å². The number of aliphatic hydroxyl groups is 3. The van der Waals surface area contributed by atoms with Gasteiger partial charge in [0.05, 0.1) is 11.5 Å². The van der Waals surface area contributed by atoms with Crippen molar-refractivity contribution >= 4 is 11.9 Å². The Kier molecular flexibility index (Phi) is 6.57. The van der Waals surface area contributed by atoms with E-state index in [1.54, 1.807) is 0 Å². The first-order valence-electron chi connectivity index (χ1n) is 16.9. The molecular formula is C35H52O9. The van der Waals surface area contributed by atoms with Crippen LogP contribution in [-0.4, -0.2) is 74.3 Å². The second-order valence-electron chi connectivity index (χ2n) is 17.5. The van der Waals surface area contributed by atoms with Crippen molar-refractivity contribution in [3.8, 4) is 0 Å². The Morgan fingerprint density at radius 2 is 1.55 bits per heavy atom. The molecule has 1 heterocycles. The fourth-order valence-corrected chi connectivity index (χ4v) is 13.4. The number of ether oxygens (including phenoxy) is 2. The van der Waals surface area contributed by atoms with Crippen molar-refractivity contribution in [3.63, 3.8) is 0 Å². The van der Waals surface area contributed by atoms with Gasteiger partial charge in [-0.3, -0.25) is 4.79 Å². The maximum Gasteiger partial charge on any atom is 0.335 e. The molecular weight excluding hydrogens is 564 g/mol. The van der Waals surface area contributed by atoms with Crippen LogP contribution in [0.2, 0.25) is 0 Å². The number of aliphatic hydroxyl groups excluding tert-OH is 3. The largest absolute Gasteiger partial charge is 0.481 e. The minimum absolute atomic E-state index is 0.0105. The summed E-state index contributed by atoms with van der Waals surface area (Å²) in [5, 5.41) is 51.4. The lowest BCUT2D eigenvalue weighted by Crippen LogP contribution is -2.66. The van der Waals surface area contributed by atoms with Crippen LogP contribution in [0.4, 0.5) is 0 Å². The molecule has 6 aliphatic carbocycles. The van der Waals surface area contributed by atoms with Gasteiger partial charge in [-0.25, -0.2) is 4.79 Å². The van der Waals surface area contributed by atoms with E-state index in [0.29, 0.717) is 18.3 Å². The molecule has 7 rings (SSSR count). The van der Waals surface area contributed by atoms with E-state index >= 15 is 0 Å². The number of aliphatic carboxylic acids is 2. The SMILES string of the molecule is CC1(C)[C@@H](O[C@H]2O[C@@H](C(=O)O)[C@H](O)[C@@H](O)[C@@H]2O)CC[C@@]2(C)[C@H]1CC[C@]1(C)[C@H]2CC=C2[C@@H]3C[C@@]4(C)CC[C@]3(C(=O)O)[C@H]4C[C@]21C. The van der Waals surface area contributed by atoms with Gasteiger partial charge in [0, 0.05) is 0 Å². The molecule has 5 saturated carbocycles. The molecule has 0 unspecified atom stereocenters. The summed E-state index contributed by atoms with van der Waals surface area (Å²) < 4.78 is 11.9. The summed E-state index contributed by atoms with van der Waals surface area (Å²) in [6.45, 7) is 14.2. The standard InChI is InChI=1S/C35H52O9/c1-30(2)19-9-12-33(5)20(8-7-17-18-15-31(3)13-14-35(18,29(41)42)21(31)16-34(17,33)6)32(19,4)11-10-22(30)43-28-25(38)23(36)24(37)26(44-28)27(39)40/h7,18-26,28,36-38H,8-16H2,1-6H3,(H,39,40)(H,41,42)/t18-,19-,20-,21-,22-,23+,24+,25-,26+,28-,31+,32-,33+,34+,35+/m0/s1. The predicted octanol–water partition coefficient (Wildman–Crippen LogP) is 4.37. The average Bonchev–Trinajstić information content (AvgIpc) is 3.32. The van der Waals surface area contributed by atoms with E-state index in [0.717, 1.165) is 51.4 Å². The van der Waals surface area contributed by atoms with Crippen LogP contribution in [0.15, 0.2) is 11.6 Å². The van der Waals surface area contributed by atoms with Crippen molar-refractivity contribution in [2.75, 3.05) is 0 Å². The van der Waals surface area contributed by atoms with Crippen molar-refractivity contribution in [3.05, 3.63) is 11.6 Å². The third kappa shape index (κ3) is 3.54. The number of fused-ring (bicyclic) bond motifs is 6. The fourth-order valence-electron chi connectivity index (χ4n) is 13.4. The zero-order chi connectivity index (χ0) is 32.0. The van der Waals surface area contributed by atoms with Gasteiger partial charge in [0.25, 0.3) is 0 Å². The van der Waals surface area contributed by atoms with Gasteiger partial charge in [-0.05, 0) is 109 Å². The van der Waals surface area contributed by atoms with Crippen LogP contribution in [0.3, 0.4) is 0 Å². The molecule has 7 aliphatic rings. The summed E-state index contributed by atoms with van der Waals surface area (Å²) >= 11 is 0. The van der Waals surface area contributed by atoms with Gasteiger partial charge < -0.3 is 35.0 Å². The number of carboxylic acids is 2. The van der Waals surface area contributed by atoms with Gasteiger partial charge in [0.2, 0.25) is 0 Å². The lowest BCUT2D eigenvalue weighted by molar-refractivity contribution is -0.324. The van der Waals surface area contributed by atoms with Crippen LogP contribution < -0.4 is 0 Å². The number of hydrogen-bond acceptors (Lipinski definition) is 7. The molecule has 5 N–H and O–H groups in total. The Bertz CT molecular complexity index is 1290. The zero-order valence-corrected chi connectivity index (χ0v) is 27.1. The van der Waals surface area contributed by atoms with E-state index in [9.17, 15) is 35.1 Å². The minimum atomic E-state index is -1.75. The molecule has 246 valence electrons. The van der Waals surface area contributed by atoms with Crippen molar-refractivity contribution in [1.29, 1.82) is 0 Å². The molecule has 9 heteroatoms. The van der Waals surface area contributed by atoms with Crippen LogP contribution in [0.25, 0.3) is 0 Å². The molecule has 0 aromatic rings. The molecule has 1 saturated heterocycles. The van der Waals surface area contributed by atoms with E-state index in [4.69, 9.17) is 9.47 Å². The molecule has 9 nitrogen and oxygen atoms in total. The minimum Gasteiger partial charge on any atom is -0.481 e. The van der Waals surface area contributed by atoms with Crippen molar-refractivity contribution in [2.24, 2.45) is 56.2 Å². The molecule has 0 aromatic heterocycles. The topological polar surface area (TPSA) is 154 Å². The summed E-state index contributed by atoms with van der Waals surface area (Å²) in [5.41, 5.74) is 0.625. The van der Waals surface area contributed by atoms with Crippen molar-refractivity contribution < 1.29 is 44.6 Å². The molecule has 1 aliphatic heterocycles. The van der Waals surface area contributed by atoms with Crippen molar-refractivity contribution in [2.45, 2.75) is 136 Å². The molecule has 44 heavy (non-hydrogen) atoms. The van der Waals surface area contributed by atoms with Crippen LogP contribution in [-0.2, 0) is 19.1 Å². The number of allylic oxidation sites excluding steroid dienone is 2. The van der Waals surface area contributed by atoms with E-state index in [1.165, 1.54) is 5.57 Å². The van der Waals surface area contributed by atoms with Crippen LogP contribution in [0.1, 0.15) is 99.3 Å². The second kappa shape index (κ2) is 9.30. The fraction of sp³-hybridized carbons (Fsp3) is 0.886. The van der Waals surface area contributed by atoms with E-state index in [2.05, 4.69) is 47.6 Å². The van der Waals surface area contributed by atoms with Gasteiger partial charge in [-0.15, -0.1) is 0 Å². The van der Waals surface area contributed by atoms with E-state index < -0.39 is 48.1 Å². The van der Waals surface area contributed by atoms with Gasteiger partial charge in [-0.2, -0.15) is 0 Å². The highest BCUT2D eigenvalue weighted by molar-refractivity contribution is 5.79. The Hall–Kier alpha value is -1.52. The first-order chi connectivity index (χ1) is 20.4. The number of carbonyl (C=O) groups is 2. The average molecular weight is 617 g/mol. The Balaban J connectivity index is 1.18. The maximum atomic E-state index is 12.9. The number of rotatable bonds is 4. The van der Waals surface area contributed by atoms with Gasteiger partial charge in [0.1, 0.15) is 18.3 Å². The van der Waals surface area contributed by atoms with E-state index in [1.807, 2.05) is 0 Å². The van der Waals surface area contributed by atoms with Crippen LogP contribution in [0, 0.1) is 56.2 Å². The molecule has 15 atom stereocenters. The summed E-state index contributed by atoms with van der Waals surface area (Å²) in [5.74, 6) is -0.913. The third-order valence-corrected chi connectivity index (χ3v) is 15.8. The third-order valence-electron chi connectivity index (χ3n) is 15.8. The van der Waals surface area contributed by atoms with Crippen LogP contribution in [0.5, 0.6) is 0 Å². The number of carboxylic acid groups (broad SMARTS) is 2. The highest BCUT2D eigenvalue weighted by Gasteiger charge is 2.77. The molecule has 6 fully saturated rings. The summed E-state index contributed by atoms with van der Waals surface area (Å²) in [7, 11) is 0. The molecule has 4 bridgehead atoms. The summed E-state index contributed by atoms with van der Waals surface area (Å²) in [6, 6.07) is 0. The Morgan fingerprint density at radius 1 is 0.841 bits per heavy atom. The normalized spacial score (nSPS) is 57.1. The number of hydrogen-bond donors (Lipinski definition) is 5. The first kappa shape index (κ1) is 31.1. The molecule has 0 amide bonds. The molecule has 0 spiro atoms. The lowest BCUT2D eigenvalue weighted by atomic mass is 9.34. The maximum absolute atomic E-state index is 12.9. The monoisotopic (exact) mass is 616 g/mol. The molecule has 0 radical (unpaired) electrons. The van der Waals surface area contributed by atoms with Gasteiger partial charge in [0.15, 0.2) is 12.4 Å². The highest BCUT2D eigenvalue weighted by Crippen LogP contribution is 2.82. The summed E-state index contributed by atoms with van der Waals surface area (Å²) in [4.78, 5) is 24.6. The van der Waals surface area contributed by atoms with Crippen molar-refractivity contribution in [1.82, 2.24) is 0 Å². The van der Waals surface area contributed by atoms with Gasteiger partial charge >= 0.3 is 11.9 Å². The van der Waals surface area contributed by atoms with Gasteiger partial charge in [-0.1, -0.05) is 53.2 Å². The summed E-state index contributed by atoms with van der Waals surface area (Å²) in [6.07, 6.45) is 2.52. The smallest absolute Gasteiger partial charge is 0.335 e. The Labute approximate surface area is 260 Å². The predicted molar refractivity (Wildman–Crippen MR) is 159 cm³/mol.